The first kappa shape index (κ1) is 15.7. The molecule has 0 fully saturated rings. The lowest BCUT2D eigenvalue weighted by Crippen LogP contribution is -2.17. The monoisotopic (exact) mass is 312 g/mol. The molecule has 0 atom stereocenters. The summed E-state index contributed by atoms with van der Waals surface area (Å²) in [5.41, 5.74) is 2.57. The Bertz CT molecular complexity index is 928. The maximum Gasteiger partial charge on any atom is 0.197 e. The van der Waals surface area contributed by atoms with E-state index in [0.29, 0.717) is 16.3 Å². The van der Waals surface area contributed by atoms with E-state index in [1.807, 2.05) is 39.2 Å². The molecule has 0 aliphatic carbocycles. The molecular formula is C19H21FN2O. The van der Waals surface area contributed by atoms with Crippen LogP contribution in [-0.4, -0.2) is 30.1 Å². The number of fused-ring (bicyclic) bond motifs is 2. The first-order valence-corrected chi connectivity index (χ1v) is 7.84. The largest absolute Gasteiger partial charge is 0.340 e. The third kappa shape index (κ3) is 2.99. The lowest BCUT2D eigenvalue weighted by Gasteiger charge is -2.17. The number of hydrogen-bond donors (Lipinski definition) is 0. The Morgan fingerprint density at radius 3 is 2.57 bits per heavy atom. The Labute approximate surface area is 135 Å². The summed E-state index contributed by atoms with van der Waals surface area (Å²) in [5, 5.41) is 1.28. The van der Waals surface area contributed by atoms with Crippen molar-refractivity contribution in [3.63, 3.8) is 0 Å². The molecule has 2 aromatic carbocycles. The van der Waals surface area contributed by atoms with Gasteiger partial charge in [0.15, 0.2) is 5.43 Å². The maximum atomic E-state index is 13.7. The van der Waals surface area contributed by atoms with Gasteiger partial charge in [0.05, 0.1) is 11.0 Å². The van der Waals surface area contributed by atoms with Crippen LogP contribution in [0.25, 0.3) is 21.8 Å². The van der Waals surface area contributed by atoms with Crippen molar-refractivity contribution in [3.8, 4) is 0 Å². The molecule has 23 heavy (non-hydrogen) atoms. The van der Waals surface area contributed by atoms with Gasteiger partial charge in [0.25, 0.3) is 0 Å². The first-order chi connectivity index (χ1) is 11.0. The third-order valence-electron chi connectivity index (χ3n) is 4.17. The second kappa shape index (κ2) is 6.13. The van der Waals surface area contributed by atoms with Crippen LogP contribution in [0.15, 0.2) is 41.2 Å². The van der Waals surface area contributed by atoms with Gasteiger partial charge >= 0.3 is 0 Å². The minimum atomic E-state index is -0.315. The van der Waals surface area contributed by atoms with Gasteiger partial charge in [0.2, 0.25) is 0 Å². The van der Waals surface area contributed by atoms with Crippen LogP contribution in [0, 0.1) is 12.7 Å². The highest BCUT2D eigenvalue weighted by molar-refractivity contribution is 5.93. The Hall–Kier alpha value is -2.20. The van der Waals surface area contributed by atoms with Crippen LogP contribution in [0.4, 0.5) is 4.39 Å². The zero-order valence-corrected chi connectivity index (χ0v) is 13.8. The van der Waals surface area contributed by atoms with Crippen molar-refractivity contribution in [3.05, 3.63) is 58.0 Å². The van der Waals surface area contributed by atoms with Crippen LogP contribution in [0.1, 0.15) is 12.0 Å². The summed E-state index contributed by atoms with van der Waals surface area (Å²) < 4.78 is 15.8. The summed E-state index contributed by atoms with van der Waals surface area (Å²) in [7, 11) is 4.06. The molecule has 0 saturated carbocycles. The highest BCUT2D eigenvalue weighted by atomic mass is 19.1. The molecule has 0 unspecified atom stereocenters. The summed E-state index contributed by atoms with van der Waals surface area (Å²) in [4.78, 5) is 14.9. The number of benzene rings is 2. The van der Waals surface area contributed by atoms with E-state index in [2.05, 4.69) is 9.47 Å². The molecule has 0 N–H and O–H groups in total. The molecule has 4 heteroatoms. The molecule has 1 aromatic heterocycles. The van der Waals surface area contributed by atoms with Gasteiger partial charge in [-0.2, -0.15) is 0 Å². The third-order valence-corrected chi connectivity index (χ3v) is 4.17. The predicted octanol–water partition coefficient (Wildman–Crippen LogP) is 3.55. The van der Waals surface area contributed by atoms with Crippen LogP contribution < -0.4 is 5.43 Å². The minimum Gasteiger partial charge on any atom is -0.340 e. The molecule has 0 saturated heterocycles. The minimum absolute atomic E-state index is 0.0254. The zero-order valence-electron chi connectivity index (χ0n) is 13.8. The topological polar surface area (TPSA) is 25.2 Å². The van der Waals surface area contributed by atoms with E-state index < -0.39 is 0 Å². The van der Waals surface area contributed by atoms with Crippen LogP contribution in [0.5, 0.6) is 0 Å². The van der Waals surface area contributed by atoms with E-state index in [4.69, 9.17) is 0 Å². The molecule has 0 spiro atoms. The molecule has 0 aliphatic rings. The second-order valence-corrected chi connectivity index (χ2v) is 6.32. The van der Waals surface area contributed by atoms with Crippen molar-refractivity contribution >= 4 is 21.8 Å². The van der Waals surface area contributed by atoms with Crippen LogP contribution in [0.2, 0.25) is 0 Å². The molecule has 0 radical (unpaired) electrons. The number of aromatic nitrogens is 1. The Balaban J connectivity index is 2.28. The molecule has 0 aliphatic heterocycles. The standard InChI is InChI=1S/C19H21FN2O/c1-13-5-8-17-16(11-13)19(23)15-7-6-14(20)12-18(15)22(17)10-4-9-21(2)3/h5-8,11-12H,4,9-10H2,1-3H3. The molecule has 0 amide bonds. The highest BCUT2D eigenvalue weighted by Gasteiger charge is 2.11. The molecular weight excluding hydrogens is 291 g/mol. The van der Waals surface area contributed by atoms with Gasteiger partial charge in [-0.25, -0.2) is 4.39 Å². The Morgan fingerprint density at radius 1 is 1.04 bits per heavy atom. The molecule has 3 aromatic rings. The van der Waals surface area contributed by atoms with Crippen molar-refractivity contribution in [1.29, 1.82) is 0 Å². The summed E-state index contributed by atoms with van der Waals surface area (Å²) in [6.07, 6.45) is 0.935. The van der Waals surface area contributed by atoms with Crippen molar-refractivity contribution in [2.45, 2.75) is 19.9 Å². The van der Waals surface area contributed by atoms with Crippen LogP contribution in [-0.2, 0) is 6.54 Å². The quantitative estimate of drug-likeness (QED) is 0.688. The van der Waals surface area contributed by atoms with Gasteiger partial charge in [-0.15, -0.1) is 0 Å². The lowest BCUT2D eigenvalue weighted by atomic mass is 10.1. The first-order valence-electron chi connectivity index (χ1n) is 7.84. The van der Waals surface area contributed by atoms with Gasteiger partial charge < -0.3 is 9.47 Å². The molecule has 3 nitrogen and oxygen atoms in total. The van der Waals surface area contributed by atoms with Crippen LogP contribution in [0.3, 0.4) is 0 Å². The van der Waals surface area contributed by atoms with Gasteiger partial charge in [-0.05, 0) is 64.3 Å². The van der Waals surface area contributed by atoms with E-state index in [9.17, 15) is 9.18 Å². The van der Waals surface area contributed by atoms with Crippen molar-refractivity contribution < 1.29 is 4.39 Å². The average molecular weight is 312 g/mol. The van der Waals surface area contributed by atoms with E-state index in [1.165, 1.54) is 12.1 Å². The molecule has 3 rings (SSSR count). The van der Waals surface area contributed by atoms with Crippen LogP contribution >= 0.6 is 0 Å². The van der Waals surface area contributed by atoms with E-state index in [1.54, 1.807) is 6.07 Å². The average Bonchev–Trinajstić information content (AvgIpc) is 2.50. The van der Waals surface area contributed by atoms with E-state index in [-0.39, 0.29) is 11.2 Å². The fourth-order valence-electron chi connectivity index (χ4n) is 3.05. The SMILES string of the molecule is Cc1ccc2c(c1)c(=O)c1ccc(F)cc1n2CCCN(C)C. The fraction of sp³-hybridized carbons (Fsp3) is 0.316. The number of hydrogen-bond acceptors (Lipinski definition) is 2. The maximum absolute atomic E-state index is 13.7. The van der Waals surface area contributed by atoms with Crippen molar-refractivity contribution in [2.75, 3.05) is 20.6 Å². The lowest BCUT2D eigenvalue weighted by molar-refractivity contribution is 0.389. The van der Waals surface area contributed by atoms with Crippen molar-refractivity contribution in [2.24, 2.45) is 0 Å². The normalized spacial score (nSPS) is 11.7. The van der Waals surface area contributed by atoms with Gasteiger partial charge in [-0.3, -0.25) is 4.79 Å². The Morgan fingerprint density at radius 2 is 1.83 bits per heavy atom. The summed E-state index contributed by atoms with van der Waals surface area (Å²) in [5.74, 6) is -0.315. The smallest absolute Gasteiger partial charge is 0.197 e. The molecule has 120 valence electrons. The summed E-state index contributed by atoms with van der Waals surface area (Å²) in [6.45, 7) is 3.67. The second-order valence-electron chi connectivity index (χ2n) is 6.32. The highest BCUT2D eigenvalue weighted by Crippen LogP contribution is 2.21. The summed E-state index contributed by atoms with van der Waals surface area (Å²) >= 11 is 0. The number of halogens is 1. The molecule has 0 bridgehead atoms. The number of nitrogens with zero attached hydrogens (tertiary/aromatic N) is 2. The van der Waals surface area contributed by atoms with Gasteiger partial charge in [0, 0.05) is 17.3 Å². The number of rotatable bonds is 4. The van der Waals surface area contributed by atoms with Gasteiger partial charge in [0.1, 0.15) is 5.82 Å². The molecule has 1 heterocycles. The van der Waals surface area contributed by atoms with E-state index in [0.717, 1.165) is 30.6 Å². The van der Waals surface area contributed by atoms with Crippen molar-refractivity contribution in [1.82, 2.24) is 9.47 Å². The predicted molar refractivity (Wildman–Crippen MR) is 93.6 cm³/mol. The van der Waals surface area contributed by atoms with E-state index >= 15 is 0 Å². The zero-order chi connectivity index (χ0) is 16.6. The fourth-order valence-corrected chi connectivity index (χ4v) is 3.05. The summed E-state index contributed by atoms with van der Waals surface area (Å²) in [6, 6.07) is 10.3. The Kier molecular flexibility index (Phi) is 4.18. The number of pyridine rings is 1. The van der Waals surface area contributed by atoms with Gasteiger partial charge in [-0.1, -0.05) is 11.6 Å². The number of aryl methyl sites for hydroxylation is 2.